The summed E-state index contributed by atoms with van der Waals surface area (Å²) in [4.78, 5) is 23.7. The number of hydrogen-bond acceptors (Lipinski definition) is 5. The van der Waals surface area contributed by atoms with Crippen molar-refractivity contribution in [2.75, 3.05) is 6.54 Å². The first-order valence-corrected chi connectivity index (χ1v) is 9.17. The Morgan fingerprint density at radius 3 is 2.59 bits per heavy atom. The summed E-state index contributed by atoms with van der Waals surface area (Å²) >= 11 is 0. The van der Waals surface area contributed by atoms with Gasteiger partial charge in [0.2, 0.25) is 0 Å². The zero-order valence-corrected chi connectivity index (χ0v) is 15.8. The number of carbonyl (C=O) groups excluding carboxylic acids is 1. The number of pyridine rings is 2. The summed E-state index contributed by atoms with van der Waals surface area (Å²) in [6.45, 7) is 6.48. The van der Waals surface area contributed by atoms with E-state index in [0.717, 1.165) is 53.4 Å². The standard InChI is InChI=1S/C21H22N4O2/c1-13-6-7-17(12-22-13)21(26)25-10-4-5-19(25)18-9-8-16(11-23-18)20-14(2)24-27-15(20)3/h6-9,11-12,19H,4-5,10H2,1-3H3/t19-/m0/s1. The van der Waals surface area contributed by atoms with E-state index in [9.17, 15) is 4.79 Å². The van der Waals surface area contributed by atoms with Crippen molar-refractivity contribution in [3.05, 3.63) is 65.1 Å². The first-order valence-electron chi connectivity index (χ1n) is 9.17. The van der Waals surface area contributed by atoms with Crippen LogP contribution in [-0.4, -0.2) is 32.5 Å². The normalized spacial score (nSPS) is 16.7. The maximum Gasteiger partial charge on any atom is 0.255 e. The predicted molar refractivity (Wildman–Crippen MR) is 101 cm³/mol. The Hall–Kier alpha value is -3.02. The van der Waals surface area contributed by atoms with E-state index in [4.69, 9.17) is 4.52 Å². The van der Waals surface area contributed by atoms with E-state index in [1.165, 1.54) is 0 Å². The SMILES string of the molecule is Cc1ccc(C(=O)N2CCC[C@H]2c2ccc(-c3c(C)noc3C)cn2)cn1. The second-order valence-corrected chi connectivity index (χ2v) is 7.02. The van der Waals surface area contributed by atoms with Crippen LogP contribution < -0.4 is 0 Å². The molecule has 0 bridgehead atoms. The average Bonchev–Trinajstić information content (AvgIpc) is 3.29. The van der Waals surface area contributed by atoms with Gasteiger partial charge in [-0.25, -0.2) is 0 Å². The van der Waals surface area contributed by atoms with Crippen LogP contribution in [-0.2, 0) is 0 Å². The van der Waals surface area contributed by atoms with E-state index >= 15 is 0 Å². The van der Waals surface area contributed by atoms with Gasteiger partial charge < -0.3 is 9.42 Å². The number of aromatic nitrogens is 3. The van der Waals surface area contributed by atoms with Crippen LogP contribution in [0.5, 0.6) is 0 Å². The van der Waals surface area contributed by atoms with Gasteiger partial charge in [-0.15, -0.1) is 0 Å². The van der Waals surface area contributed by atoms with E-state index in [0.29, 0.717) is 5.56 Å². The third kappa shape index (κ3) is 3.23. The van der Waals surface area contributed by atoms with Crippen LogP contribution in [0.15, 0.2) is 41.2 Å². The quantitative estimate of drug-likeness (QED) is 0.703. The molecular weight excluding hydrogens is 340 g/mol. The predicted octanol–water partition coefficient (Wildman–Crippen LogP) is 4.03. The van der Waals surface area contributed by atoms with Gasteiger partial charge in [-0.2, -0.15) is 0 Å². The van der Waals surface area contributed by atoms with Crippen LogP contribution in [0.3, 0.4) is 0 Å². The number of likely N-dealkylation sites (tertiary alicyclic amines) is 1. The van der Waals surface area contributed by atoms with Gasteiger partial charge in [0.25, 0.3) is 5.91 Å². The minimum Gasteiger partial charge on any atom is -0.361 e. The first kappa shape index (κ1) is 17.4. The van der Waals surface area contributed by atoms with E-state index in [1.54, 1.807) is 6.20 Å². The molecule has 138 valence electrons. The van der Waals surface area contributed by atoms with Crippen LogP contribution in [0.1, 0.15) is 52.1 Å². The molecule has 1 atom stereocenters. The molecule has 4 heterocycles. The molecule has 0 radical (unpaired) electrons. The molecule has 1 aliphatic heterocycles. The maximum atomic E-state index is 12.9. The zero-order valence-electron chi connectivity index (χ0n) is 15.8. The van der Waals surface area contributed by atoms with Crippen LogP contribution in [0.2, 0.25) is 0 Å². The maximum absolute atomic E-state index is 12.9. The van der Waals surface area contributed by atoms with Crippen molar-refractivity contribution in [3.63, 3.8) is 0 Å². The molecule has 0 spiro atoms. The van der Waals surface area contributed by atoms with Crippen molar-refractivity contribution in [3.8, 4) is 11.1 Å². The van der Waals surface area contributed by atoms with Crippen molar-refractivity contribution < 1.29 is 9.32 Å². The molecule has 1 fully saturated rings. The van der Waals surface area contributed by atoms with Gasteiger partial charge in [0, 0.05) is 35.8 Å². The molecule has 3 aromatic heterocycles. The average molecular weight is 362 g/mol. The number of carbonyl (C=O) groups is 1. The summed E-state index contributed by atoms with van der Waals surface area (Å²) in [7, 11) is 0. The van der Waals surface area contributed by atoms with Gasteiger partial charge >= 0.3 is 0 Å². The number of amides is 1. The fraction of sp³-hybridized carbons (Fsp3) is 0.333. The Morgan fingerprint density at radius 2 is 1.96 bits per heavy atom. The molecule has 3 aromatic rings. The Bertz CT molecular complexity index is 941. The second-order valence-electron chi connectivity index (χ2n) is 7.02. The lowest BCUT2D eigenvalue weighted by molar-refractivity contribution is 0.0732. The molecule has 1 amide bonds. The van der Waals surface area contributed by atoms with Crippen LogP contribution in [0, 0.1) is 20.8 Å². The Kier molecular flexibility index (Phi) is 4.48. The topological polar surface area (TPSA) is 72.1 Å². The Labute approximate surface area is 158 Å². The highest BCUT2D eigenvalue weighted by atomic mass is 16.5. The molecule has 6 nitrogen and oxygen atoms in total. The van der Waals surface area contributed by atoms with Crippen LogP contribution in [0.4, 0.5) is 0 Å². The Balaban J connectivity index is 1.59. The summed E-state index contributed by atoms with van der Waals surface area (Å²) in [5.41, 5.74) is 5.26. The molecule has 27 heavy (non-hydrogen) atoms. The van der Waals surface area contributed by atoms with Gasteiger partial charge in [0.05, 0.1) is 23.0 Å². The summed E-state index contributed by atoms with van der Waals surface area (Å²) < 4.78 is 5.25. The molecule has 0 N–H and O–H groups in total. The van der Waals surface area contributed by atoms with Crippen molar-refractivity contribution in [2.45, 2.75) is 39.7 Å². The first-order chi connectivity index (χ1) is 13.0. The number of hydrogen-bond donors (Lipinski definition) is 0. The lowest BCUT2D eigenvalue weighted by Gasteiger charge is -2.24. The monoisotopic (exact) mass is 362 g/mol. The minimum absolute atomic E-state index is 0.00229. The smallest absolute Gasteiger partial charge is 0.255 e. The number of aryl methyl sites for hydroxylation is 3. The zero-order chi connectivity index (χ0) is 19.0. The summed E-state index contributed by atoms with van der Waals surface area (Å²) in [6.07, 6.45) is 5.39. The summed E-state index contributed by atoms with van der Waals surface area (Å²) in [6, 6.07) is 7.74. The highest BCUT2D eigenvalue weighted by Crippen LogP contribution is 2.33. The summed E-state index contributed by atoms with van der Waals surface area (Å²) in [5, 5.41) is 4.01. The molecule has 6 heteroatoms. The van der Waals surface area contributed by atoms with Gasteiger partial charge in [-0.05, 0) is 51.8 Å². The van der Waals surface area contributed by atoms with Crippen molar-refractivity contribution in [2.24, 2.45) is 0 Å². The largest absolute Gasteiger partial charge is 0.361 e. The van der Waals surface area contributed by atoms with E-state index < -0.39 is 0 Å². The van der Waals surface area contributed by atoms with Gasteiger partial charge in [0.1, 0.15) is 5.76 Å². The molecule has 4 rings (SSSR count). The molecule has 0 aromatic carbocycles. The molecule has 0 saturated carbocycles. The molecule has 1 saturated heterocycles. The third-order valence-electron chi connectivity index (χ3n) is 5.12. The Morgan fingerprint density at radius 1 is 1.11 bits per heavy atom. The molecule has 0 aliphatic carbocycles. The van der Waals surface area contributed by atoms with Crippen LogP contribution in [0.25, 0.3) is 11.1 Å². The van der Waals surface area contributed by atoms with Gasteiger partial charge in [0.15, 0.2) is 0 Å². The van der Waals surface area contributed by atoms with Crippen molar-refractivity contribution in [1.82, 2.24) is 20.0 Å². The number of nitrogens with zero attached hydrogens (tertiary/aromatic N) is 4. The van der Waals surface area contributed by atoms with Gasteiger partial charge in [-0.3, -0.25) is 14.8 Å². The lowest BCUT2D eigenvalue weighted by atomic mass is 10.0. The lowest BCUT2D eigenvalue weighted by Crippen LogP contribution is -2.31. The van der Waals surface area contributed by atoms with Crippen molar-refractivity contribution >= 4 is 5.91 Å². The highest BCUT2D eigenvalue weighted by Gasteiger charge is 2.31. The molecule has 0 unspecified atom stereocenters. The summed E-state index contributed by atoms with van der Waals surface area (Å²) in [5.74, 6) is 0.799. The van der Waals surface area contributed by atoms with Crippen molar-refractivity contribution in [1.29, 1.82) is 0 Å². The van der Waals surface area contributed by atoms with Crippen LogP contribution >= 0.6 is 0 Å². The number of rotatable bonds is 3. The fourth-order valence-corrected chi connectivity index (χ4v) is 3.72. The molecular formula is C21H22N4O2. The second kappa shape index (κ2) is 6.95. The van der Waals surface area contributed by atoms with Gasteiger partial charge in [-0.1, -0.05) is 11.2 Å². The molecule has 1 aliphatic rings. The third-order valence-corrected chi connectivity index (χ3v) is 5.12. The fourth-order valence-electron chi connectivity index (χ4n) is 3.72. The minimum atomic E-state index is -0.00229. The highest BCUT2D eigenvalue weighted by molar-refractivity contribution is 5.94. The van der Waals surface area contributed by atoms with E-state index in [-0.39, 0.29) is 11.9 Å². The van der Waals surface area contributed by atoms with E-state index in [2.05, 4.69) is 15.1 Å². The van der Waals surface area contributed by atoms with E-state index in [1.807, 2.05) is 56.1 Å².